The van der Waals surface area contributed by atoms with Crippen LogP contribution < -0.4 is 5.32 Å². The van der Waals surface area contributed by atoms with Gasteiger partial charge in [0.05, 0.1) is 12.7 Å². The van der Waals surface area contributed by atoms with Gasteiger partial charge in [0.25, 0.3) is 11.8 Å². The Morgan fingerprint density at radius 1 is 1.08 bits per heavy atom. The number of ether oxygens (including phenoxy) is 2. The predicted octanol–water partition coefficient (Wildman–Crippen LogP) is 2.90. The summed E-state index contributed by atoms with van der Waals surface area (Å²) in [5.41, 5.74) is 0.598. The second-order valence-corrected chi connectivity index (χ2v) is 9.95. The Morgan fingerprint density at radius 2 is 1.86 bits per heavy atom. The molecule has 0 radical (unpaired) electrons. The number of rotatable bonds is 5. The van der Waals surface area contributed by atoms with Crippen molar-refractivity contribution in [1.82, 2.24) is 15.1 Å². The second-order valence-electron chi connectivity index (χ2n) is 9.95. The van der Waals surface area contributed by atoms with E-state index in [1.54, 1.807) is 28.0 Å². The van der Waals surface area contributed by atoms with Crippen molar-refractivity contribution in [3.8, 4) is 0 Å². The molecule has 37 heavy (non-hydrogen) atoms. The summed E-state index contributed by atoms with van der Waals surface area (Å²) >= 11 is 0. The van der Waals surface area contributed by atoms with Crippen LogP contribution in [0.15, 0.2) is 48.5 Å². The zero-order valence-corrected chi connectivity index (χ0v) is 21.0. The molecular weight excluding hydrogens is 477 g/mol. The Labute approximate surface area is 215 Å². The first-order chi connectivity index (χ1) is 17.9. The lowest BCUT2D eigenvalue weighted by atomic mass is 9.95. The van der Waals surface area contributed by atoms with Crippen molar-refractivity contribution in [3.05, 3.63) is 71.0 Å². The van der Waals surface area contributed by atoms with Gasteiger partial charge in [0.2, 0.25) is 5.91 Å². The number of halogens is 1. The summed E-state index contributed by atoms with van der Waals surface area (Å²) in [4.78, 5) is 43.4. The maximum Gasteiger partial charge on any atom is 0.257 e. The molecular formula is C28H32FN3O5. The third-order valence-corrected chi connectivity index (χ3v) is 7.59. The fraction of sp³-hybridized carbons (Fsp3) is 0.464. The number of nitrogens with zero attached hydrogens (tertiary/aromatic N) is 2. The third kappa shape index (κ3) is 5.10. The third-order valence-electron chi connectivity index (χ3n) is 7.59. The molecule has 1 spiro atoms. The molecule has 0 aliphatic carbocycles. The van der Waals surface area contributed by atoms with Gasteiger partial charge < -0.3 is 19.7 Å². The van der Waals surface area contributed by atoms with Gasteiger partial charge in [0.1, 0.15) is 17.6 Å². The molecule has 2 atom stereocenters. The monoisotopic (exact) mass is 509 g/mol. The molecule has 5 rings (SSSR count). The number of carbonyl (C=O) groups is 3. The second kappa shape index (κ2) is 10.6. The van der Waals surface area contributed by atoms with Crippen LogP contribution >= 0.6 is 0 Å². The maximum absolute atomic E-state index is 13.9. The van der Waals surface area contributed by atoms with Crippen molar-refractivity contribution >= 4 is 17.7 Å². The summed E-state index contributed by atoms with van der Waals surface area (Å²) in [6, 6.07) is 12.1. The number of likely N-dealkylation sites (tertiary alicyclic amines) is 1. The van der Waals surface area contributed by atoms with Crippen LogP contribution in [0.25, 0.3) is 0 Å². The SMILES string of the molecule is Cc1ccccc1C(=O)N1[C@@H](C(=O)NC[C@H]2CCCO2)COC12CCN(C(=O)c1cccc(F)c1)CC2. The van der Waals surface area contributed by atoms with Crippen LogP contribution in [0.1, 0.15) is 52.0 Å². The fourth-order valence-corrected chi connectivity index (χ4v) is 5.51. The number of hydrogen-bond donors (Lipinski definition) is 1. The Kier molecular flexibility index (Phi) is 7.26. The Bertz CT molecular complexity index is 1170. The highest BCUT2D eigenvalue weighted by Crippen LogP contribution is 2.39. The minimum atomic E-state index is -1.01. The van der Waals surface area contributed by atoms with Gasteiger partial charge in [-0.1, -0.05) is 24.3 Å². The van der Waals surface area contributed by atoms with Gasteiger partial charge in [0, 0.05) is 50.2 Å². The summed E-state index contributed by atoms with van der Waals surface area (Å²) in [5, 5.41) is 2.96. The van der Waals surface area contributed by atoms with Gasteiger partial charge in [-0.25, -0.2) is 4.39 Å². The molecule has 8 nitrogen and oxygen atoms in total. The van der Waals surface area contributed by atoms with E-state index in [1.165, 1.54) is 18.2 Å². The summed E-state index contributed by atoms with van der Waals surface area (Å²) < 4.78 is 25.5. The molecule has 2 aromatic carbocycles. The van der Waals surface area contributed by atoms with Gasteiger partial charge in [-0.15, -0.1) is 0 Å². The zero-order valence-electron chi connectivity index (χ0n) is 21.0. The molecule has 0 unspecified atom stereocenters. The maximum atomic E-state index is 13.9. The van der Waals surface area contributed by atoms with Gasteiger partial charge >= 0.3 is 0 Å². The van der Waals surface area contributed by atoms with Crippen molar-refractivity contribution in [2.45, 2.75) is 50.5 Å². The van der Waals surface area contributed by atoms with E-state index in [9.17, 15) is 18.8 Å². The number of hydrogen-bond acceptors (Lipinski definition) is 5. The van der Waals surface area contributed by atoms with E-state index >= 15 is 0 Å². The standard InChI is InChI=1S/C28H32FN3O5/c1-19-6-2-3-10-23(19)27(35)32-24(25(33)30-17-22-9-5-15-36-22)18-37-28(32)11-13-31(14-12-28)26(34)20-7-4-8-21(29)16-20/h2-4,6-8,10,16,22,24H,5,9,11-15,17-18H2,1H3,(H,30,33)/t22-,24-/m1/s1. The van der Waals surface area contributed by atoms with E-state index in [2.05, 4.69) is 5.32 Å². The molecule has 3 heterocycles. The van der Waals surface area contributed by atoms with Crippen LogP contribution in [-0.2, 0) is 14.3 Å². The van der Waals surface area contributed by atoms with Crippen molar-refractivity contribution < 1.29 is 28.2 Å². The Hall–Kier alpha value is -3.30. The normalized spacial score (nSPS) is 22.9. The van der Waals surface area contributed by atoms with Gasteiger partial charge in [-0.05, 0) is 49.6 Å². The number of nitrogens with one attached hydrogen (secondary N) is 1. The average molecular weight is 510 g/mol. The van der Waals surface area contributed by atoms with Crippen molar-refractivity contribution in [3.63, 3.8) is 0 Å². The van der Waals surface area contributed by atoms with Gasteiger partial charge in [-0.2, -0.15) is 0 Å². The number of amides is 3. The molecule has 2 aromatic rings. The Morgan fingerprint density at radius 3 is 2.57 bits per heavy atom. The van der Waals surface area contributed by atoms with Crippen LogP contribution in [0.3, 0.4) is 0 Å². The van der Waals surface area contributed by atoms with E-state index in [-0.39, 0.29) is 36.0 Å². The molecule has 9 heteroatoms. The lowest BCUT2D eigenvalue weighted by molar-refractivity contribution is -0.128. The van der Waals surface area contributed by atoms with Crippen LogP contribution in [0, 0.1) is 12.7 Å². The predicted molar refractivity (Wildman–Crippen MR) is 133 cm³/mol. The zero-order chi connectivity index (χ0) is 26.0. The molecule has 196 valence electrons. The van der Waals surface area contributed by atoms with E-state index in [0.29, 0.717) is 44.6 Å². The quantitative estimate of drug-likeness (QED) is 0.670. The number of aryl methyl sites for hydroxylation is 1. The summed E-state index contributed by atoms with van der Waals surface area (Å²) in [5.74, 6) is -1.27. The lowest BCUT2D eigenvalue weighted by Gasteiger charge is -2.44. The van der Waals surface area contributed by atoms with E-state index in [1.807, 2.05) is 19.1 Å². The summed E-state index contributed by atoms with van der Waals surface area (Å²) in [6.45, 7) is 3.66. The Balaban J connectivity index is 1.36. The minimum Gasteiger partial charge on any atom is -0.376 e. The molecule has 3 amide bonds. The molecule has 0 aromatic heterocycles. The molecule has 3 saturated heterocycles. The van der Waals surface area contributed by atoms with Crippen LogP contribution in [0.5, 0.6) is 0 Å². The van der Waals surface area contributed by atoms with Crippen LogP contribution in [-0.4, -0.2) is 78.2 Å². The number of benzene rings is 2. The highest BCUT2D eigenvalue weighted by molar-refractivity contribution is 5.99. The average Bonchev–Trinajstić information content (AvgIpc) is 3.56. The van der Waals surface area contributed by atoms with Crippen molar-refractivity contribution in [1.29, 1.82) is 0 Å². The first kappa shape index (κ1) is 25.4. The largest absolute Gasteiger partial charge is 0.376 e. The van der Waals surface area contributed by atoms with E-state index in [4.69, 9.17) is 9.47 Å². The topological polar surface area (TPSA) is 88.2 Å². The fourth-order valence-electron chi connectivity index (χ4n) is 5.51. The lowest BCUT2D eigenvalue weighted by Crippen LogP contribution is -2.60. The van der Waals surface area contributed by atoms with Crippen LogP contribution in [0.4, 0.5) is 4.39 Å². The van der Waals surface area contributed by atoms with Gasteiger partial charge in [-0.3, -0.25) is 19.3 Å². The highest BCUT2D eigenvalue weighted by atomic mass is 19.1. The molecule has 0 bridgehead atoms. The van der Waals surface area contributed by atoms with Crippen molar-refractivity contribution in [2.75, 3.05) is 32.8 Å². The minimum absolute atomic E-state index is 0.0159. The van der Waals surface area contributed by atoms with E-state index in [0.717, 1.165) is 18.4 Å². The van der Waals surface area contributed by atoms with Crippen molar-refractivity contribution in [2.24, 2.45) is 0 Å². The summed E-state index contributed by atoms with van der Waals surface area (Å²) in [7, 11) is 0. The molecule has 3 aliphatic heterocycles. The first-order valence-corrected chi connectivity index (χ1v) is 12.9. The van der Waals surface area contributed by atoms with Crippen LogP contribution in [0.2, 0.25) is 0 Å². The molecule has 0 saturated carbocycles. The number of carbonyl (C=O) groups excluding carboxylic acids is 3. The van der Waals surface area contributed by atoms with E-state index < -0.39 is 17.6 Å². The molecule has 1 N–H and O–H groups in total. The smallest absolute Gasteiger partial charge is 0.257 e. The molecule has 3 aliphatic rings. The first-order valence-electron chi connectivity index (χ1n) is 12.9. The van der Waals surface area contributed by atoms with Gasteiger partial charge in [0.15, 0.2) is 0 Å². The summed E-state index contributed by atoms with van der Waals surface area (Å²) in [6.07, 6.45) is 2.55. The molecule has 3 fully saturated rings. The number of piperidine rings is 1. The highest BCUT2D eigenvalue weighted by Gasteiger charge is 2.54.